The van der Waals surface area contributed by atoms with Crippen LogP contribution in [0.3, 0.4) is 0 Å². The predicted octanol–water partition coefficient (Wildman–Crippen LogP) is 3.37. The lowest BCUT2D eigenvalue weighted by molar-refractivity contribution is 0.701. The van der Waals surface area contributed by atoms with Crippen molar-refractivity contribution in [3.8, 4) is 0 Å². The van der Waals surface area contributed by atoms with Crippen LogP contribution in [-0.2, 0) is 0 Å². The van der Waals surface area contributed by atoms with Crippen molar-refractivity contribution in [2.45, 2.75) is 32.1 Å². The van der Waals surface area contributed by atoms with Crippen molar-refractivity contribution in [2.75, 3.05) is 0 Å². The summed E-state index contributed by atoms with van der Waals surface area (Å²) >= 11 is 0. The van der Waals surface area contributed by atoms with E-state index in [4.69, 9.17) is 0 Å². The Morgan fingerprint density at radius 3 is 2.50 bits per heavy atom. The molecule has 0 bridgehead atoms. The lowest BCUT2D eigenvalue weighted by atomic mass is 9.85. The van der Waals surface area contributed by atoms with Crippen LogP contribution >= 0.6 is 0 Å². The highest BCUT2D eigenvalue weighted by Crippen LogP contribution is 2.45. The highest BCUT2D eigenvalue weighted by atomic mass is 14.3. The van der Waals surface area contributed by atoms with Gasteiger partial charge in [0.2, 0.25) is 0 Å². The van der Waals surface area contributed by atoms with Gasteiger partial charge in [0.05, 0.1) is 0 Å². The smallest absolute Gasteiger partial charge is 0.00537 e. The van der Waals surface area contributed by atoms with Crippen molar-refractivity contribution in [1.82, 2.24) is 0 Å². The normalized spacial score (nSPS) is 32.0. The summed E-state index contributed by atoms with van der Waals surface area (Å²) in [5.41, 5.74) is 5.06. The fourth-order valence-electron chi connectivity index (χ4n) is 2.34. The zero-order chi connectivity index (χ0) is 7.97. The van der Waals surface area contributed by atoms with E-state index in [1.54, 1.807) is 16.7 Å². The summed E-state index contributed by atoms with van der Waals surface area (Å²) in [4.78, 5) is 0. The third-order valence-electron chi connectivity index (χ3n) is 3.26. The molecule has 0 heteroatoms. The van der Waals surface area contributed by atoms with Crippen LogP contribution in [0, 0.1) is 5.92 Å². The number of rotatable bonds is 2. The lowest BCUT2D eigenvalue weighted by Gasteiger charge is -2.20. The van der Waals surface area contributed by atoms with Crippen molar-refractivity contribution in [3.05, 3.63) is 34.9 Å². The first-order chi connectivity index (χ1) is 5.95. The van der Waals surface area contributed by atoms with Crippen LogP contribution in [0.4, 0.5) is 0 Å². The van der Waals surface area contributed by atoms with Crippen LogP contribution in [0.1, 0.15) is 32.1 Å². The van der Waals surface area contributed by atoms with Gasteiger partial charge in [-0.05, 0) is 43.3 Å². The average Bonchev–Trinajstić information content (AvgIpc) is 2.70. The summed E-state index contributed by atoms with van der Waals surface area (Å²) in [5.74, 6) is 0.844. The Labute approximate surface area is 73.7 Å². The fraction of sp³-hybridized carbons (Fsp3) is 0.500. The van der Waals surface area contributed by atoms with E-state index < -0.39 is 0 Å². The second kappa shape index (κ2) is 2.35. The minimum atomic E-state index is 0.844. The van der Waals surface area contributed by atoms with Gasteiger partial charge in [-0.2, -0.15) is 0 Å². The van der Waals surface area contributed by atoms with Crippen molar-refractivity contribution >= 4 is 0 Å². The molecule has 3 aliphatic carbocycles. The summed E-state index contributed by atoms with van der Waals surface area (Å²) in [6.45, 7) is 0. The maximum absolute atomic E-state index is 2.47. The van der Waals surface area contributed by atoms with Gasteiger partial charge in [-0.15, -0.1) is 0 Å². The Balaban J connectivity index is 1.86. The largest absolute Gasteiger partial charge is 0.0807 e. The van der Waals surface area contributed by atoms with Gasteiger partial charge in [-0.1, -0.05) is 23.8 Å². The summed E-state index contributed by atoms with van der Waals surface area (Å²) in [6, 6.07) is 0. The quantitative estimate of drug-likeness (QED) is 0.540. The molecule has 0 fully saturated rings. The molecule has 0 aliphatic heterocycles. The van der Waals surface area contributed by atoms with E-state index in [1.807, 2.05) is 0 Å². The molecule has 1 atom stereocenters. The minimum Gasteiger partial charge on any atom is -0.0807 e. The fourth-order valence-corrected chi connectivity index (χ4v) is 2.34. The first kappa shape index (κ1) is 6.71. The molecule has 0 spiro atoms. The number of hydrogen-bond acceptors (Lipinski definition) is 0. The Morgan fingerprint density at radius 2 is 1.92 bits per heavy atom. The van der Waals surface area contributed by atoms with Gasteiger partial charge < -0.3 is 0 Å². The van der Waals surface area contributed by atoms with Crippen LogP contribution in [-0.4, -0.2) is 0 Å². The van der Waals surface area contributed by atoms with E-state index in [0.29, 0.717) is 0 Å². The SMILES string of the molecule is C1=C(C2=CCCC2C2=CC2)CC1. The highest BCUT2D eigenvalue weighted by molar-refractivity contribution is 5.46. The predicted molar refractivity (Wildman–Crippen MR) is 50.8 cm³/mol. The van der Waals surface area contributed by atoms with Crippen LogP contribution in [0.5, 0.6) is 0 Å². The van der Waals surface area contributed by atoms with Gasteiger partial charge in [0.25, 0.3) is 0 Å². The molecule has 0 saturated carbocycles. The van der Waals surface area contributed by atoms with Gasteiger partial charge in [0.1, 0.15) is 0 Å². The molecule has 0 aromatic carbocycles. The standard InChI is InChI=1S/C12H14/c1-3-9(4-1)11-5-2-6-12(11)10-7-8-10/h3,5,7,12H,1-2,4,6,8H2. The summed E-state index contributed by atoms with van der Waals surface area (Å²) in [5, 5.41) is 0. The van der Waals surface area contributed by atoms with Crippen molar-refractivity contribution in [3.63, 3.8) is 0 Å². The van der Waals surface area contributed by atoms with E-state index in [2.05, 4.69) is 18.2 Å². The Bertz CT molecular complexity index is 302. The molecule has 3 rings (SSSR count). The van der Waals surface area contributed by atoms with Gasteiger partial charge in [-0.25, -0.2) is 0 Å². The molecule has 0 N–H and O–H groups in total. The molecular formula is C12H14. The second-order valence-electron chi connectivity index (χ2n) is 4.04. The molecule has 0 saturated heterocycles. The van der Waals surface area contributed by atoms with E-state index in [0.717, 1.165) is 5.92 Å². The molecule has 1 unspecified atom stereocenters. The van der Waals surface area contributed by atoms with Gasteiger partial charge in [0.15, 0.2) is 0 Å². The van der Waals surface area contributed by atoms with Crippen molar-refractivity contribution in [2.24, 2.45) is 5.92 Å². The van der Waals surface area contributed by atoms with Crippen LogP contribution in [0.25, 0.3) is 0 Å². The minimum absolute atomic E-state index is 0.844. The van der Waals surface area contributed by atoms with E-state index >= 15 is 0 Å². The molecule has 0 amide bonds. The molecule has 0 heterocycles. The Kier molecular flexibility index (Phi) is 1.31. The molecule has 62 valence electrons. The maximum Gasteiger partial charge on any atom is 0.00537 e. The Hall–Kier alpha value is -0.780. The van der Waals surface area contributed by atoms with Crippen LogP contribution < -0.4 is 0 Å². The third-order valence-corrected chi connectivity index (χ3v) is 3.26. The molecule has 3 aliphatic rings. The maximum atomic E-state index is 2.47. The molecule has 0 radical (unpaired) electrons. The lowest BCUT2D eigenvalue weighted by Crippen LogP contribution is -2.04. The highest BCUT2D eigenvalue weighted by Gasteiger charge is 2.29. The zero-order valence-corrected chi connectivity index (χ0v) is 7.34. The number of hydrogen-bond donors (Lipinski definition) is 0. The molecule has 0 aromatic heterocycles. The van der Waals surface area contributed by atoms with E-state index in [1.165, 1.54) is 32.1 Å². The second-order valence-corrected chi connectivity index (χ2v) is 4.04. The zero-order valence-electron chi connectivity index (χ0n) is 7.34. The molecule has 0 nitrogen and oxygen atoms in total. The molecular weight excluding hydrogens is 144 g/mol. The Morgan fingerprint density at radius 1 is 1.08 bits per heavy atom. The molecule has 0 aromatic rings. The van der Waals surface area contributed by atoms with E-state index in [9.17, 15) is 0 Å². The van der Waals surface area contributed by atoms with Gasteiger partial charge in [-0.3, -0.25) is 0 Å². The number of allylic oxidation sites excluding steroid dienone is 6. The van der Waals surface area contributed by atoms with Crippen molar-refractivity contribution < 1.29 is 0 Å². The monoisotopic (exact) mass is 158 g/mol. The van der Waals surface area contributed by atoms with Crippen LogP contribution in [0.2, 0.25) is 0 Å². The van der Waals surface area contributed by atoms with Gasteiger partial charge in [0, 0.05) is 5.92 Å². The van der Waals surface area contributed by atoms with Gasteiger partial charge >= 0.3 is 0 Å². The topological polar surface area (TPSA) is 0 Å². The summed E-state index contributed by atoms with van der Waals surface area (Å²) in [6.07, 6.45) is 13.9. The molecule has 12 heavy (non-hydrogen) atoms. The first-order valence-corrected chi connectivity index (χ1v) is 5.03. The average molecular weight is 158 g/mol. The summed E-state index contributed by atoms with van der Waals surface area (Å²) < 4.78 is 0. The summed E-state index contributed by atoms with van der Waals surface area (Å²) in [7, 11) is 0. The first-order valence-electron chi connectivity index (χ1n) is 5.03. The third kappa shape index (κ3) is 0.906. The van der Waals surface area contributed by atoms with Crippen molar-refractivity contribution in [1.29, 1.82) is 0 Å². The van der Waals surface area contributed by atoms with Crippen LogP contribution in [0.15, 0.2) is 34.9 Å². The van der Waals surface area contributed by atoms with E-state index in [-0.39, 0.29) is 0 Å².